The highest BCUT2D eigenvalue weighted by Gasteiger charge is 2.33. The zero-order valence-electron chi connectivity index (χ0n) is 17.1. The van der Waals surface area contributed by atoms with Crippen molar-refractivity contribution in [2.45, 2.75) is 12.5 Å². The molecule has 0 spiro atoms. The van der Waals surface area contributed by atoms with Crippen molar-refractivity contribution in [1.29, 1.82) is 0 Å². The lowest BCUT2D eigenvalue weighted by molar-refractivity contribution is -0.128. The van der Waals surface area contributed by atoms with E-state index in [1.165, 1.54) is 0 Å². The molecule has 1 aliphatic rings. The maximum absolute atomic E-state index is 12.9. The van der Waals surface area contributed by atoms with Gasteiger partial charge in [-0.2, -0.15) is 0 Å². The van der Waals surface area contributed by atoms with Crippen molar-refractivity contribution in [2.75, 3.05) is 24.6 Å². The predicted molar refractivity (Wildman–Crippen MR) is 118 cm³/mol. The molecule has 1 N–H and O–H groups in total. The highest BCUT2D eigenvalue weighted by atomic mass is 16.5. The average Bonchev–Trinajstić information content (AvgIpc) is 2.83. The Bertz CT molecular complexity index is 1020. The number of nitrogens with one attached hydrogen (secondary N) is 1. The second-order valence-electron chi connectivity index (χ2n) is 7.21. The monoisotopic (exact) mass is 416 g/mol. The van der Waals surface area contributed by atoms with E-state index in [0.717, 1.165) is 12.0 Å². The Hall–Kier alpha value is -3.80. The van der Waals surface area contributed by atoms with Crippen LogP contribution in [0.3, 0.4) is 0 Å². The Labute approximate surface area is 181 Å². The highest BCUT2D eigenvalue weighted by molar-refractivity contribution is 5.98. The van der Waals surface area contributed by atoms with E-state index >= 15 is 0 Å². The molecule has 2 amide bonds. The molecule has 1 aliphatic heterocycles. The van der Waals surface area contributed by atoms with Gasteiger partial charge in [0.15, 0.2) is 12.7 Å². The summed E-state index contributed by atoms with van der Waals surface area (Å²) in [5, 5.41) is 2.92. The summed E-state index contributed by atoms with van der Waals surface area (Å²) in [7, 11) is 0. The molecule has 1 unspecified atom stereocenters. The van der Waals surface area contributed by atoms with Crippen molar-refractivity contribution in [3.8, 4) is 11.5 Å². The molecule has 0 aliphatic carbocycles. The quantitative estimate of drug-likeness (QED) is 0.642. The maximum Gasteiger partial charge on any atom is 0.265 e. The molecule has 3 aromatic carbocycles. The highest BCUT2D eigenvalue weighted by Crippen LogP contribution is 2.33. The van der Waals surface area contributed by atoms with Gasteiger partial charge in [0.1, 0.15) is 11.5 Å². The molecule has 0 radical (unpaired) electrons. The summed E-state index contributed by atoms with van der Waals surface area (Å²) >= 11 is 0. The number of hydrogen-bond donors (Lipinski definition) is 1. The molecule has 158 valence electrons. The van der Waals surface area contributed by atoms with Crippen LogP contribution in [0.25, 0.3) is 0 Å². The van der Waals surface area contributed by atoms with E-state index < -0.39 is 6.10 Å². The van der Waals surface area contributed by atoms with Gasteiger partial charge >= 0.3 is 0 Å². The molecular weight excluding hydrogens is 392 g/mol. The van der Waals surface area contributed by atoms with Gasteiger partial charge < -0.3 is 19.7 Å². The lowest BCUT2D eigenvalue weighted by Crippen LogP contribution is -2.52. The van der Waals surface area contributed by atoms with Crippen LogP contribution in [0.15, 0.2) is 84.9 Å². The van der Waals surface area contributed by atoms with Crippen LogP contribution < -0.4 is 19.7 Å². The summed E-state index contributed by atoms with van der Waals surface area (Å²) < 4.78 is 11.5. The summed E-state index contributed by atoms with van der Waals surface area (Å²) in [4.78, 5) is 27.2. The summed E-state index contributed by atoms with van der Waals surface area (Å²) in [5.74, 6) is 0.645. The largest absolute Gasteiger partial charge is 0.484 e. The number of benzene rings is 3. The van der Waals surface area contributed by atoms with Crippen LogP contribution in [-0.4, -0.2) is 37.6 Å². The number of fused-ring (bicyclic) bond motifs is 1. The Balaban J connectivity index is 1.40. The normalized spacial score (nSPS) is 14.8. The van der Waals surface area contributed by atoms with Crippen molar-refractivity contribution in [2.24, 2.45) is 0 Å². The lowest BCUT2D eigenvalue weighted by Gasteiger charge is -2.34. The van der Waals surface area contributed by atoms with Gasteiger partial charge in [0.05, 0.1) is 12.2 Å². The third kappa shape index (κ3) is 5.22. The van der Waals surface area contributed by atoms with Crippen LogP contribution in [0.2, 0.25) is 0 Å². The number of para-hydroxylation sites is 3. The van der Waals surface area contributed by atoms with E-state index in [0.29, 0.717) is 23.7 Å². The summed E-state index contributed by atoms with van der Waals surface area (Å²) in [5.41, 5.74) is 1.78. The number of carbonyl (C=O) groups is 2. The predicted octanol–water partition coefficient (Wildman–Crippen LogP) is 3.22. The van der Waals surface area contributed by atoms with Gasteiger partial charge in [-0.3, -0.25) is 9.59 Å². The second-order valence-corrected chi connectivity index (χ2v) is 7.21. The minimum atomic E-state index is -0.786. The first kappa shape index (κ1) is 20.5. The number of amides is 2. The lowest BCUT2D eigenvalue weighted by atomic mass is 10.1. The van der Waals surface area contributed by atoms with Crippen LogP contribution in [0.1, 0.15) is 5.56 Å². The molecular formula is C25H24N2O4. The first-order chi connectivity index (χ1) is 15.2. The number of hydrogen-bond acceptors (Lipinski definition) is 4. The summed E-state index contributed by atoms with van der Waals surface area (Å²) in [6.45, 7) is 0.501. The van der Waals surface area contributed by atoms with E-state index in [1.54, 1.807) is 29.2 Å². The number of anilines is 1. The number of carbonyl (C=O) groups excluding carboxylic acids is 2. The van der Waals surface area contributed by atoms with Crippen molar-refractivity contribution in [3.63, 3.8) is 0 Å². The molecule has 0 saturated heterocycles. The van der Waals surface area contributed by atoms with Gasteiger partial charge in [-0.1, -0.05) is 60.7 Å². The molecule has 1 heterocycles. The fourth-order valence-electron chi connectivity index (χ4n) is 3.44. The fraction of sp³-hybridized carbons (Fsp3) is 0.200. The second kappa shape index (κ2) is 9.80. The fourth-order valence-corrected chi connectivity index (χ4v) is 3.44. The van der Waals surface area contributed by atoms with Crippen LogP contribution in [0.4, 0.5) is 5.69 Å². The van der Waals surface area contributed by atoms with Crippen molar-refractivity contribution in [3.05, 3.63) is 90.5 Å². The van der Waals surface area contributed by atoms with Crippen LogP contribution in [0.5, 0.6) is 11.5 Å². The smallest absolute Gasteiger partial charge is 0.265 e. The van der Waals surface area contributed by atoms with E-state index in [-0.39, 0.29) is 25.0 Å². The molecule has 4 rings (SSSR count). The van der Waals surface area contributed by atoms with Gasteiger partial charge in [-0.05, 0) is 36.2 Å². The van der Waals surface area contributed by atoms with Gasteiger partial charge in [0, 0.05) is 6.54 Å². The van der Waals surface area contributed by atoms with Crippen LogP contribution in [0, 0.1) is 0 Å². The molecule has 0 fully saturated rings. The number of ether oxygens (including phenoxy) is 2. The van der Waals surface area contributed by atoms with Crippen molar-refractivity contribution < 1.29 is 19.1 Å². The maximum atomic E-state index is 12.9. The molecule has 0 saturated carbocycles. The Morgan fingerprint density at radius 2 is 1.61 bits per heavy atom. The first-order valence-corrected chi connectivity index (χ1v) is 10.3. The number of nitrogens with zero attached hydrogens (tertiary/aromatic N) is 1. The minimum Gasteiger partial charge on any atom is -0.484 e. The third-order valence-corrected chi connectivity index (χ3v) is 5.03. The van der Waals surface area contributed by atoms with E-state index in [4.69, 9.17) is 9.47 Å². The molecule has 6 nitrogen and oxygen atoms in total. The standard InChI is InChI=1S/C25H24N2O4/c28-24(18-30-20-11-5-2-6-12-20)27-17-23(31-22-14-8-7-13-21(22)27)25(29)26-16-15-19-9-3-1-4-10-19/h1-14,23H,15-18H2,(H,26,29). The average molecular weight is 416 g/mol. The van der Waals surface area contributed by atoms with Crippen LogP contribution >= 0.6 is 0 Å². The van der Waals surface area contributed by atoms with Crippen molar-refractivity contribution >= 4 is 17.5 Å². The zero-order valence-corrected chi connectivity index (χ0v) is 17.1. The SMILES string of the molecule is O=C(NCCc1ccccc1)C1CN(C(=O)COc2ccccc2)c2ccccc2O1. The number of rotatable bonds is 7. The zero-order chi connectivity index (χ0) is 21.5. The molecule has 31 heavy (non-hydrogen) atoms. The van der Waals surface area contributed by atoms with Crippen LogP contribution in [-0.2, 0) is 16.0 Å². The van der Waals surface area contributed by atoms with E-state index in [1.807, 2.05) is 60.7 Å². The molecule has 6 heteroatoms. The molecule has 3 aromatic rings. The molecule has 1 atom stereocenters. The third-order valence-electron chi connectivity index (χ3n) is 5.03. The molecule has 0 aromatic heterocycles. The van der Waals surface area contributed by atoms with E-state index in [9.17, 15) is 9.59 Å². The Morgan fingerprint density at radius 3 is 2.39 bits per heavy atom. The summed E-state index contributed by atoms with van der Waals surface area (Å²) in [6, 6.07) is 26.3. The van der Waals surface area contributed by atoms with Gasteiger partial charge in [0.25, 0.3) is 11.8 Å². The minimum absolute atomic E-state index is 0.124. The summed E-state index contributed by atoms with van der Waals surface area (Å²) in [6.07, 6.45) is -0.0601. The van der Waals surface area contributed by atoms with E-state index in [2.05, 4.69) is 5.32 Å². The molecule has 0 bridgehead atoms. The Kier molecular flexibility index (Phi) is 6.47. The van der Waals surface area contributed by atoms with Gasteiger partial charge in [0.2, 0.25) is 0 Å². The topological polar surface area (TPSA) is 67.9 Å². The van der Waals surface area contributed by atoms with Crippen molar-refractivity contribution in [1.82, 2.24) is 5.32 Å². The van der Waals surface area contributed by atoms with Gasteiger partial charge in [-0.25, -0.2) is 0 Å². The Morgan fingerprint density at radius 1 is 0.935 bits per heavy atom. The van der Waals surface area contributed by atoms with Gasteiger partial charge in [-0.15, -0.1) is 0 Å². The first-order valence-electron chi connectivity index (χ1n) is 10.3.